The van der Waals surface area contributed by atoms with Crippen LogP contribution in [0.3, 0.4) is 0 Å². The highest BCUT2D eigenvalue weighted by atomic mass is 35.5. The molecule has 0 unspecified atom stereocenters. The lowest BCUT2D eigenvalue weighted by molar-refractivity contribution is 0.0954. The molecule has 0 heterocycles. The Kier molecular flexibility index (Phi) is 8.43. The van der Waals surface area contributed by atoms with Gasteiger partial charge in [-0.1, -0.05) is 45.4 Å². The molecule has 0 spiro atoms. The monoisotopic (exact) mass is 449 g/mol. The molecule has 162 valence electrons. The van der Waals surface area contributed by atoms with E-state index in [1.807, 2.05) is 0 Å². The second-order valence-corrected chi connectivity index (χ2v) is 10.1. The quantitative estimate of drug-likeness (QED) is 0.401. The topological polar surface area (TPSA) is 87.6 Å². The van der Waals surface area contributed by atoms with Crippen LogP contribution in [0.1, 0.15) is 50.9 Å². The average Bonchev–Trinajstić information content (AvgIpc) is 2.67. The smallest absolute Gasteiger partial charge is 0.271 e. The molecule has 0 saturated heterocycles. The molecule has 0 saturated carbocycles. The number of hydrogen-bond donors (Lipinski definition) is 2. The minimum atomic E-state index is -3.85. The Morgan fingerprint density at radius 2 is 1.60 bits per heavy atom. The van der Waals surface area contributed by atoms with Gasteiger partial charge in [0.05, 0.1) is 4.90 Å². The van der Waals surface area contributed by atoms with Crippen LogP contribution in [-0.4, -0.2) is 20.0 Å². The Bertz CT molecular complexity index is 989. The molecule has 2 aromatic carbocycles. The van der Waals surface area contributed by atoms with Crippen LogP contribution in [-0.2, 0) is 10.0 Å². The van der Waals surface area contributed by atoms with Gasteiger partial charge < -0.3 is 0 Å². The van der Waals surface area contributed by atoms with Crippen molar-refractivity contribution in [2.45, 2.75) is 45.4 Å². The molecule has 0 radical (unpaired) electrons. The predicted molar refractivity (Wildman–Crippen MR) is 123 cm³/mol. The van der Waals surface area contributed by atoms with Crippen LogP contribution in [0.4, 0.5) is 5.69 Å². The molecule has 6 nitrogen and oxygen atoms in total. The molecule has 0 fully saturated rings. The van der Waals surface area contributed by atoms with Crippen molar-refractivity contribution in [2.24, 2.45) is 16.9 Å². The van der Waals surface area contributed by atoms with Gasteiger partial charge in [-0.15, -0.1) is 0 Å². The van der Waals surface area contributed by atoms with Crippen LogP contribution in [0, 0.1) is 11.8 Å². The van der Waals surface area contributed by atoms with Gasteiger partial charge in [0.2, 0.25) is 0 Å². The molecule has 2 rings (SSSR count). The number of anilines is 1. The zero-order valence-corrected chi connectivity index (χ0v) is 19.2. The molecular weight excluding hydrogens is 422 g/mol. The van der Waals surface area contributed by atoms with Crippen LogP contribution >= 0.6 is 11.6 Å². The van der Waals surface area contributed by atoms with Crippen molar-refractivity contribution in [3.63, 3.8) is 0 Å². The van der Waals surface area contributed by atoms with Crippen LogP contribution in [0.5, 0.6) is 0 Å². The van der Waals surface area contributed by atoms with E-state index in [-0.39, 0.29) is 10.5 Å². The van der Waals surface area contributed by atoms with E-state index in [1.54, 1.807) is 30.3 Å². The number of nitrogens with one attached hydrogen (secondary N) is 2. The minimum Gasteiger partial charge on any atom is -0.280 e. The summed E-state index contributed by atoms with van der Waals surface area (Å²) in [6, 6.07) is 12.1. The molecule has 2 aromatic rings. The summed E-state index contributed by atoms with van der Waals surface area (Å²) in [6.07, 6.45) is 1.58. The predicted octanol–water partition coefficient (Wildman–Crippen LogP) is 5.32. The minimum absolute atomic E-state index is 0.0151. The molecule has 2 N–H and O–H groups in total. The summed E-state index contributed by atoms with van der Waals surface area (Å²) in [7, 11) is -3.85. The van der Waals surface area contributed by atoms with Gasteiger partial charge in [0, 0.05) is 22.0 Å². The molecule has 8 heteroatoms. The largest absolute Gasteiger partial charge is 0.280 e. The highest BCUT2D eigenvalue weighted by Gasteiger charge is 2.17. The zero-order valence-electron chi connectivity index (χ0n) is 17.6. The number of amides is 1. The molecule has 0 aliphatic heterocycles. The number of nitrogens with zero attached hydrogens (tertiary/aromatic N) is 1. The number of rotatable bonds is 9. The summed E-state index contributed by atoms with van der Waals surface area (Å²) in [5.41, 5.74) is 4.08. The zero-order chi connectivity index (χ0) is 22.3. The average molecular weight is 450 g/mol. The van der Waals surface area contributed by atoms with Crippen molar-refractivity contribution < 1.29 is 13.2 Å². The van der Waals surface area contributed by atoms with E-state index in [1.165, 1.54) is 18.2 Å². The summed E-state index contributed by atoms with van der Waals surface area (Å²) >= 11 is 5.83. The molecule has 0 aliphatic carbocycles. The lowest BCUT2D eigenvalue weighted by atomic mass is 9.99. The van der Waals surface area contributed by atoms with E-state index in [0.717, 1.165) is 18.6 Å². The fourth-order valence-corrected chi connectivity index (χ4v) is 4.08. The molecule has 0 atom stereocenters. The van der Waals surface area contributed by atoms with Gasteiger partial charge in [-0.3, -0.25) is 9.52 Å². The SMILES string of the molecule is CC(C)CC(CC(C)C)=NNC(=O)c1cccc(S(=O)(=O)Nc2ccc(Cl)cc2)c1. The number of hydrogen-bond acceptors (Lipinski definition) is 4. The van der Waals surface area contributed by atoms with Crippen molar-refractivity contribution in [3.05, 3.63) is 59.1 Å². The molecule has 1 amide bonds. The Hall–Kier alpha value is -2.38. The van der Waals surface area contributed by atoms with Gasteiger partial charge >= 0.3 is 0 Å². The number of halogens is 1. The second kappa shape index (κ2) is 10.6. The van der Waals surface area contributed by atoms with Crippen molar-refractivity contribution in [2.75, 3.05) is 4.72 Å². The molecule has 30 heavy (non-hydrogen) atoms. The summed E-state index contributed by atoms with van der Waals surface area (Å²) < 4.78 is 27.8. The first kappa shape index (κ1) is 23.9. The van der Waals surface area contributed by atoms with Crippen molar-refractivity contribution in [1.82, 2.24) is 5.43 Å². The van der Waals surface area contributed by atoms with E-state index < -0.39 is 15.9 Å². The van der Waals surface area contributed by atoms with Gasteiger partial charge in [0.1, 0.15) is 0 Å². The van der Waals surface area contributed by atoms with Crippen LogP contribution in [0.2, 0.25) is 5.02 Å². The lowest BCUT2D eigenvalue weighted by Crippen LogP contribution is -2.22. The van der Waals surface area contributed by atoms with Gasteiger partial charge in [-0.25, -0.2) is 13.8 Å². The number of hydrazone groups is 1. The summed E-state index contributed by atoms with van der Waals surface area (Å²) in [4.78, 5) is 12.5. The Labute approximate surface area is 183 Å². The van der Waals surface area contributed by atoms with Crippen LogP contribution in [0.25, 0.3) is 0 Å². The van der Waals surface area contributed by atoms with Crippen molar-refractivity contribution in [3.8, 4) is 0 Å². The Morgan fingerprint density at radius 1 is 1.00 bits per heavy atom. The van der Waals surface area contributed by atoms with Crippen LogP contribution < -0.4 is 10.1 Å². The Balaban J connectivity index is 2.17. The fourth-order valence-electron chi connectivity index (χ4n) is 2.85. The highest BCUT2D eigenvalue weighted by molar-refractivity contribution is 7.92. The number of sulfonamides is 1. The maximum atomic E-state index is 12.7. The van der Waals surface area contributed by atoms with Gasteiger partial charge in [-0.2, -0.15) is 5.10 Å². The van der Waals surface area contributed by atoms with Crippen molar-refractivity contribution in [1.29, 1.82) is 0 Å². The first-order chi connectivity index (χ1) is 14.1. The van der Waals surface area contributed by atoms with Gasteiger partial charge in [0.25, 0.3) is 15.9 Å². The van der Waals surface area contributed by atoms with E-state index in [4.69, 9.17) is 11.6 Å². The maximum absolute atomic E-state index is 12.7. The van der Waals surface area contributed by atoms with Gasteiger partial charge in [-0.05, 0) is 67.1 Å². The van der Waals surface area contributed by atoms with Crippen molar-refractivity contribution >= 4 is 38.9 Å². The molecule has 0 bridgehead atoms. The summed E-state index contributed by atoms with van der Waals surface area (Å²) in [6.45, 7) is 8.39. The van der Waals surface area contributed by atoms with E-state index >= 15 is 0 Å². The third-order valence-corrected chi connectivity index (χ3v) is 5.74. The third kappa shape index (κ3) is 7.46. The Morgan fingerprint density at radius 3 is 2.17 bits per heavy atom. The standard InChI is InChI=1S/C22H28ClN3O3S/c1-15(2)12-20(13-16(3)4)24-25-22(27)17-6-5-7-21(14-17)30(28,29)26-19-10-8-18(23)9-11-19/h5-11,14-16,26H,12-13H2,1-4H3,(H,25,27). The number of benzene rings is 2. The van der Waals surface area contributed by atoms with E-state index in [0.29, 0.717) is 22.5 Å². The highest BCUT2D eigenvalue weighted by Crippen LogP contribution is 2.19. The lowest BCUT2D eigenvalue weighted by Gasteiger charge is -2.12. The van der Waals surface area contributed by atoms with E-state index in [2.05, 4.69) is 42.9 Å². The van der Waals surface area contributed by atoms with E-state index in [9.17, 15) is 13.2 Å². The molecule has 0 aliphatic rings. The summed E-state index contributed by atoms with van der Waals surface area (Å²) in [5.74, 6) is 0.391. The normalized spacial score (nSPS) is 11.4. The number of carbonyl (C=O) groups is 1. The first-order valence-corrected chi connectivity index (χ1v) is 11.7. The van der Waals surface area contributed by atoms with Gasteiger partial charge in [0.15, 0.2) is 0 Å². The van der Waals surface area contributed by atoms with Crippen LogP contribution in [0.15, 0.2) is 58.5 Å². The molecule has 0 aromatic heterocycles. The maximum Gasteiger partial charge on any atom is 0.271 e. The first-order valence-electron chi connectivity index (χ1n) is 9.81. The second-order valence-electron chi connectivity index (χ2n) is 7.96. The fraction of sp³-hybridized carbons (Fsp3) is 0.364. The number of carbonyl (C=O) groups excluding carboxylic acids is 1. The summed E-state index contributed by atoms with van der Waals surface area (Å²) in [5, 5.41) is 4.79. The molecular formula is C22H28ClN3O3S. The third-order valence-electron chi connectivity index (χ3n) is 4.11.